The Morgan fingerprint density at radius 1 is 1.10 bits per heavy atom. The fraction of sp³-hybridized carbons (Fsp3) is 0.500. The molecule has 4 rings (SSSR count). The molecule has 0 aromatic heterocycles. The van der Waals surface area contributed by atoms with Gasteiger partial charge in [0.2, 0.25) is 5.91 Å². The summed E-state index contributed by atoms with van der Waals surface area (Å²) in [5.41, 5.74) is 7.00. The molecule has 2 aliphatic rings. The van der Waals surface area contributed by atoms with Crippen LogP contribution in [-0.4, -0.2) is 99.3 Å². The molecule has 2 heterocycles. The molecule has 2 aliphatic heterocycles. The van der Waals surface area contributed by atoms with E-state index in [0.717, 1.165) is 25.9 Å². The normalized spacial score (nSPS) is 20.9. The number of benzene rings is 2. The number of ether oxygens (including phenoxy) is 3. The van der Waals surface area contributed by atoms with Crippen molar-refractivity contribution in [3.05, 3.63) is 52.5 Å². The minimum atomic E-state index is -0.469. The van der Waals surface area contributed by atoms with Gasteiger partial charge in [-0.25, -0.2) is 4.79 Å². The maximum absolute atomic E-state index is 13.0. The Balaban J connectivity index is 1.27. The van der Waals surface area contributed by atoms with Gasteiger partial charge in [-0.1, -0.05) is 11.6 Å². The van der Waals surface area contributed by atoms with Crippen molar-refractivity contribution in [3.63, 3.8) is 0 Å². The molecule has 4 N–H and O–H groups in total. The SMILES string of the molecule is COc1cc(N)c(Cl)cc1C(=O)N[C@@H]1CCN(CC(=O)Nc2ccc(C(=O)OC3(C)CCN(C)CC3)cc2)C[C@@H]1OC. The van der Waals surface area contributed by atoms with Crippen molar-refractivity contribution in [1.29, 1.82) is 0 Å². The van der Waals surface area contributed by atoms with E-state index >= 15 is 0 Å². The lowest BCUT2D eigenvalue weighted by molar-refractivity contribution is -0.118. The molecule has 2 amide bonds. The van der Waals surface area contributed by atoms with E-state index in [1.807, 2.05) is 11.8 Å². The first-order valence-electron chi connectivity index (χ1n) is 14.0. The zero-order valence-corrected chi connectivity index (χ0v) is 25.3. The Bertz CT molecular complexity index is 1280. The van der Waals surface area contributed by atoms with Gasteiger partial charge in [-0.3, -0.25) is 14.5 Å². The minimum Gasteiger partial charge on any atom is -0.496 e. The zero-order chi connectivity index (χ0) is 30.4. The molecule has 11 nitrogen and oxygen atoms in total. The number of hydrogen-bond acceptors (Lipinski definition) is 9. The van der Waals surface area contributed by atoms with Gasteiger partial charge in [0.15, 0.2) is 0 Å². The smallest absolute Gasteiger partial charge is 0.338 e. The lowest BCUT2D eigenvalue weighted by atomic mass is 9.93. The fourth-order valence-corrected chi connectivity index (χ4v) is 5.42. The van der Waals surface area contributed by atoms with Crippen LogP contribution in [0.25, 0.3) is 0 Å². The molecule has 2 saturated heterocycles. The first kappa shape index (κ1) is 31.6. The Hall–Kier alpha value is -3.38. The predicted molar refractivity (Wildman–Crippen MR) is 161 cm³/mol. The van der Waals surface area contributed by atoms with E-state index < -0.39 is 5.60 Å². The molecule has 228 valence electrons. The number of nitrogens with one attached hydrogen (secondary N) is 2. The molecule has 0 spiro atoms. The average molecular weight is 602 g/mol. The fourth-order valence-electron chi connectivity index (χ4n) is 5.26. The van der Waals surface area contributed by atoms with E-state index in [9.17, 15) is 14.4 Å². The van der Waals surface area contributed by atoms with Gasteiger partial charge in [-0.05, 0) is 63.6 Å². The number of anilines is 2. The number of nitrogen functional groups attached to an aromatic ring is 1. The summed E-state index contributed by atoms with van der Waals surface area (Å²) in [7, 11) is 5.10. The first-order chi connectivity index (χ1) is 20.0. The van der Waals surface area contributed by atoms with Crippen molar-refractivity contribution in [3.8, 4) is 5.75 Å². The largest absolute Gasteiger partial charge is 0.496 e. The van der Waals surface area contributed by atoms with Crippen LogP contribution in [0.3, 0.4) is 0 Å². The molecule has 0 radical (unpaired) electrons. The third kappa shape index (κ3) is 7.91. The number of halogens is 1. The van der Waals surface area contributed by atoms with Crippen molar-refractivity contribution >= 4 is 40.8 Å². The molecule has 2 atom stereocenters. The highest BCUT2D eigenvalue weighted by Crippen LogP contribution is 2.29. The summed E-state index contributed by atoms with van der Waals surface area (Å²) in [5.74, 6) is -0.574. The summed E-state index contributed by atoms with van der Waals surface area (Å²) in [4.78, 5) is 42.7. The number of rotatable bonds is 9. The van der Waals surface area contributed by atoms with Gasteiger partial charge in [0.25, 0.3) is 5.91 Å². The van der Waals surface area contributed by atoms with Gasteiger partial charge >= 0.3 is 5.97 Å². The highest BCUT2D eigenvalue weighted by atomic mass is 35.5. The molecule has 0 unspecified atom stereocenters. The summed E-state index contributed by atoms with van der Waals surface area (Å²) in [6.07, 6.45) is 1.84. The Kier molecular flexibility index (Phi) is 10.3. The van der Waals surface area contributed by atoms with Crippen LogP contribution in [0, 0.1) is 0 Å². The van der Waals surface area contributed by atoms with Crippen LogP contribution in [0.4, 0.5) is 11.4 Å². The Morgan fingerprint density at radius 2 is 1.79 bits per heavy atom. The second-order valence-corrected chi connectivity index (χ2v) is 11.6. The van der Waals surface area contributed by atoms with Gasteiger partial charge in [0.05, 0.1) is 47.6 Å². The molecular formula is C30H40ClN5O6. The molecule has 2 aromatic carbocycles. The van der Waals surface area contributed by atoms with Gasteiger partial charge in [-0.2, -0.15) is 0 Å². The van der Waals surface area contributed by atoms with Gasteiger partial charge in [0.1, 0.15) is 11.4 Å². The third-order valence-corrected chi connectivity index (χ3v) is 8.31. The molecule has 42 heavy (non-hydrogen) atoms. The number of hydrogen-bond donors (Lipinski definition) is 3. The number of piperidine rings is 2. The van der Waals surface area contributed by atoms with Crippen LogP contribution in [0.5, 0.6) is 5.75 Å². The van der Waals surface area contributed by atoms with E-state index in [1.165, 1.54) is 19.2 Å². The molecule has 12 heteroatoms. The summed E-state index contributed by atoms with van der Waals surface area (Å²) in [6.45, 7) is 4.94. The van der Waals surface area contributed by atoms with E-state index in [0.29, 0.717) is 42.2 Å². The quantitative estimate of drug-likeness (QED) is 0.293. The predicted octanol–water partition coefficient (Wildman–Crippen LogP) is 3.03. The van der Waals surface area contributed by atoms with E-state index in [2.05, 4.69) is 22.6 Å². The van der Waals surface area contributed by atoms with Crippen LogP contribution in [-0.2, 0) is 14.3 Å². The third-order valence-electron chi connectivity index (χ3n) is 7.98. The lowest BCUT2D eigenvalue weighted by Gasteiger charge is -2.37. The monoisotopic (exact) mass is 601 g/mol. The second kappa shape index (κ2) is 13.7. The van der Waals surface area contributed by atoms with Crippen LogP contribution in [0.1, 0.15) is 46.9 Å². The summed E-state index contributed by atoms with van der Waals surface area (Å²) in [5, 5.41) is 6.15. The molecule has 2 aromatic rings. The van der Waals surface area contributed by atoms with Crippen molar-refractivity contribution in [2.45, 2.75) is 43.9 Å². The molecule has 0 bridgehead atoms. The van der Waals surface area contributed by atoms with Crippen LogP contribution < -0.4 is 21.1 Å². The standard InChI is InChI=1S/C30H40ClN5O6/c1-30(10-13-35(2)14-11-30)42-29(39)19-5-7-20(8-6-19)33-27(37)18-36-12-9-24(26(17-36)41-4)34-28(38)21-15-22(31)23(32)16-25(21)40-3/h5-8,15-16,24,26H,9-14,17-18,32H2,1-4H3,(H,33,37)(H,34,38)/t24-,26+/m1/s1. The maximum Gasteiger partial charge on any atom is 0.338 e. The second-order valence-electron chi connectivity index (χ2n) is 11.2. The summed E-state index contributed by atoms with van der Waals surface area (Å²) >= 11 is 6.13. The van der Waals surface area contributed by atoms with E-state index in [1.54, 1.807) is 31.4 Å². The lowest BCUT2D eigenvalue weighted by Crippen LogP contribution is -2.55. The molecular weight excluding hydrogens is 562 g/mol. The first-order valence-corrected chi connectivity index (χ1v) is 14.4. The Morgan fingerprint density at radius 3 is 2.43 bits per heavy atom. The topological polar surface area (TPSA) is 135 Å². The minimum absolute atomic E-state index is 0.151. The van der Waals surface area contributed by atoms with Crippen molar-refractivity contribution in [1.82, 2.24) is 15.1 Å². The highest BCUT2D eigenvalue weighted by molar-refractivity contribution is 6.33. The van der Waals surface area contributed by atoms with Crippen molar-refractivity contribution < 1.29 is 28.6 Å². The number of carbonyl (C=O) groups excluding carboxylic acids is 3. The van der Waals surface area contributed by atoms with E-state index in [-0.39, 0.29) is 47.1 Å². The number of methoxy groups -OCH3 is 2. The van der Waals surface area contributed by atoms with Crippen molar-refractivity contribution in [2.24, 2.45) is 0 Å². The number of carbonyl (C=O) groups is 3. The highest BCUT2D eigenvalue weighted by Gasteiger charge is 2.34. The number of nitrogens with zero attached hydrogens (tertiary/aromatic N) is 2. The summed E-state index contributed by atoms with van der Waals surface area (Å²) < 4.78 is 16.8. The van der Waals surface area contributed by atoms with Gasteiger partial charge in [0, 0.05) is 45.0 Å². The van der Waals surface area contributed by atoms with Crippen LogP contribution >= 0.6 is 11.6 Å². The molecule has 0 aliphatic carbocycles. The summed E-state index contributed by atoms with van der Waals surface area (Å²) in [6, 6.07) is 9.45. The average Bonchev–Trinajstić information content (AvgIpc) is 2.96. The van der Waals surface area contributed by atoms with Crippen LogP contribution in [0.15, 0.2) is 36.4 Å². The van der Waals surface area contributed by atoms with Gasteiger partial charge in [-0.15, -0.1) is 0 Å². The number of likely N-dealkylation sites (tertiary alicyclic amines) is 2. The number of amides is 2. The van der Waals surface area contributed by atoms with E-state index in [4.69, 9.17) is 31.5 Å². The van der Waals surface area contributed by atoms with Gasteiger partial charge < -0.3 is 35.5 Å². The number of esters is 1. The van der Waals surface area contributed by atoms with Crippen molar-refractivity contribution in [2.75, 3.05) is 65.0 Å². The Labute approximate surface area is 251 Å². The maximum atomic E-state index is 13.0. The molecule has 2 fully saturated rings. The van der Waals surface area contributed by atoms with Crippen LogP contribution in [0.2, 0.25) is 5.02 Å². The number of nitrogens with two attached hydrogens (primary N) is 1. The zero-order valence-electron chi connectivity index (χ0n) is 24.6. The molecule has 0 saturated carbocycles.